The quantitative estimate of drug-likeness (QED) is 0.136. The van der Waals surface area contributed by atoms with Gasteiger partial charge in [-0.15, -0.1) is 0 Å². The number of carbonyl (C=O) groups excluding carboxylic acids is 2. The fraction of sp³-hybridized carbons (Fsp3) is 0.591. The zero-order valence-corrected chi connectivity index (χ0v) is 24.3. The van der Waals surface area contributed by atoms with Crippen molar-refractivity contribution in [2.24, 2.45) is 11.8 Å². The Morgan fingerprint density at radius 3 is 1.58 bits per heavy atom. The summed E-state index contributed by atoms with van der Waals surface area (Å²) in [6.45, 7) is 4.33. The minimum Gasteiger partial charge on any atom is -0.490 e. The Labute approximate surface area is 244 Å². The summed E-state index contributed by atoms with van der Waals surface area (Å²) in [5.41, 5.74) is 8.04. The Kier molecular flexibility index (Phi) is 26.2. The van der Waals surface area contributed by atoms with E-state index in [-0.39, 0.29) is 50.8 Å². The second kappa shape index (κ2) is 23.5. The van der Waals surface area contributed by atoms with Gasteiger partial charge in [0.1, 0.15) is 6.10 Å². The maximum absolute atomic E-state index is 11.1. The minimum absolute atomic E-state index is 0. The van der Waals surface area contributed by atoms with Gasteiger partial charge in [-0.2, -0.15) is 4.79 Å². The number of fused-ring (bicyclic) bond motifs is 1. The Bertz CT molecular complexity index is 802. The molecule has 0 aromatic carbocycles. The van der Waals surface area contributed by atoms with Crippen LogP contribution in [0, 0.1) is 11.8 Å². The molecule has 38 heavy (non-hydrogen) atoms. The first kappa shape index (κ1) is 42.4. The number of Topliss-reactive ketones (excluding diaryl/α,β-unsaturated/α-hetero) is 2. The molecule has 4 fully saturated rings. The maximum Gasteiger partial charge on any atom is 0.327 e. The van der Waals surface area contributed by atoms with Crippen LogP contribution in [-0.2, 0) is 77.2 Å². The number of hydrogen-bond donors (Lipinski definition) is 4. The minimum atomic E-state index is -0.833. The van der Waals surface area contributed by atoms with Crippen molar-refractivity contribution in [2.75, 3.05) is 0 Å². The maximum atomic E-state index is 11.1. The number of rotatable bonds is 2. The van der Waals surface area contributed by atoms with E-state index in [0.717, 1.165) is 46.8 Å². The van der Waals surface area contributed by atoms with E-state index in [1.54, 1.807) is 0 Å². The van der Waals surface area contributed by atoms with E-state index >= 15 is 0 Å². The van der Waals surface area contributed by atoms with E-state index in [1.165, 1.54) is 12.7 Å². The number of carbonyl (C=O) groups is 6. The fourth-order valence-corrected chi connectivity index (χ4v) is 3.15. The van der Waals surface area contributed by atoms with Crippen LogP contribution in [0.1, 0.15) is 53.4 Å². The fourth-order valence-electron chi connectivity index (χ4n) is 3.15. The van der Waals surface area contributed by atoms with Gasteiger partial charge in [0, 0.05) is 66.7 Å². The van der Waals surface area contributed by atoms with Gasteiger partial charge in [-0.05, 0) is 37.7 Å². The number of hydrogen-bond acceptors (Lipinski definition) is 8. The molecule has 0 spiro atoms. The number of carboxylic acid groups (broad SMARTS) is 4. The molecule has 2 saturated carbocycles. The first-order valence-electron chi connectivity index (χ1n) is 10.6. The molecule has 3 heterocycles. The van der Waals surface area contributed by atoms with Crippen molar-refractivity contribution in [3.8, 4) is 0 Å². The van der Waals surface area contributed by atoms with Crippen LogP contribution in [0.3, 0.4) is 0 Å². The topological polar surface area (TPSA) is 238 Å². The molecule has 16 heteroatoms. The molecule has 5 rings (SSSR count). The molecule has 0 aromatic rings. The number of ether oxygens (including phenoxy) is 2. The van der Waals surface area contributed by atoms with E-state index in [2.05, 4.69) is 4.79 Å². The monoisotopic (exact) mass is 722 g/mol. The predicted octanol–water partition coefficient (Wildman–Crippen LogP) is 1.27. The molecule has 14 nitrogen and oxygen atoms in total. The average molecular weight is 722 g/mol. The van der Waals surface area contributed by atoms with Crippen LogP contribution in [0.5, 0.6) is 0 Å². The second-order valence-corrected chi connectivity index (χ2v) is 7.56. The van der Waals surface area contributed by atoms with Crippen molar-refractivity contribution in [3.05, 3.63) is 17.9 Å². The zero-order chi connectivity index (χ0) is 28.4. The first-order chi connectivity index (χ1) is 16.6. The van der Waals surface area contributed by atoms with Crippen LogP contribution in [0.2, 0.25) is 0 Å². The summed E-state index contributed by atoms with van der Waals surface area (Å²) in [4.78, 5) is 60.6. The predicted molar refractivity (Wildman–Crippen MR) is 121 cm³/mol. The third kappa shape index (κ3) is 22.5. The Hall–Kier alpha value is -2.65. The molecule has 0 aromatic heterocycles. The van der Waals surface area contributed by atoms with Gasteiger partial charge in [-0.3, -0.25) is 28.8 Å². The van der Waals surface area contributed by atoms with E-state index in [0.29, 0.717) is 30.1 Å². The Balaban J connectivity index is -0.000000194. The van der Waals surface area contributed by atoms with Gasteiger partial charge in [0.2, 0.25) is 0 Å². The summed E-state index contributed by atoms with van der Waals surface area (Å²) in [5.74, 6) is -2.24. The number of aliphatic carboxylic acids is 4. The molecule has 4 N–H and O–H groups in total. The number of nitrogens with zero attached hydrogens (tertiary/aromatic N) is 2. The number of allylic oxidation sites excluding steroid dienone is 1. The molecule has 5 unspecified atom stereocenters. The molecule has 3 aliphatic heterocycles. The smallest absolute Gasteiger partial charge is 0.327 e. The van der Waals surface area contributed by atoms with E-state index < -0.39 is 30.0 Å². The van der Waals surface area contributed by atoms with Crippen molar-refractivity contribution in [3.63, 3.8) is 0 Å². The van der Waals surface area contributed by atoms with Crippen LogP contribution in [0.4, 0.5) is 0 Å². The van der Waals surface area contributed by atoms with Crippen molar-refractivity contribution in [1.29, 1.82) is 0 Å². The van der Waals surface area contributed by atoms with Crippen molar-refractivity contribution < 1.29 is 102 Å². The SMILES string of the molecule is CC(=O)O.CC(=O)O.CC(=O)O.CC(=O)O.O=C1C2CCC3C(O2)C13.[N-]=[N+]=CC(=O)C1CCC=CO1.[Rh].[Rh]. The van der Waals surface area contributed by atoms with Gasteiger partial charge < -0.3 is 35.4 Å². The molecule has 2 radical (unpaired) electrons. The van der Waals surface area contributed by atoms with Crippen molar-refractivity contribution in [2.45, 2.75) is 71.7 Å². The third-order valence-corrected chi connectivity index (χ3v) is 4.26. The number of ketones is 2. The van der Waals surface area contributed by atoms with E-state index in [9.17, 15) is 9.59 Å². The molecule has 5 atom stereocenters. The van der Waals surface area contributed by atoms with Crippen LogP contribution in [-0.4, -0.2) is 85.2 Å². The Morgan fingerprint density at radius 1 is 0.895 bits per heavy atom. The van der Waals surface area contributed by atoms with Crippen molar-refractivity contribution >= 4 is 41.7 Å². The van der Waals surface area contributed by atoms with Gasteiger partial charge >= 0.3 is 6.21 Å². The van der Waals surface area contributed by atoms with Crippen LogP contribution in [0.25, 0.3) is 5.53 Å². The van der Waals surface area contributed by atoms with Gasteiger partial charge in [0.05, 0.1) is 18.3 Å². The molecule has 0 amide bonds. The standard InChI is InChI=1S/C7H8N2O2.C7H8O2.4C2H4O2.2Rh/c8-9-5-6(10)7-3-1-2-4-11-7;8-6-4-2-1-3-5(6)7(3)9-4;4*1-2(3)4;;/h2,4-5,7H,1,3H2;3-5,7H,1-2H2;4*1H3,(H,3,4);;. The molecular formula is C22H32N2O12Rh2. The molecule has 2 aliphatic carbocycles. The van der Waals surface area contributed by atoms with Crippen LogP contribution >= 0.6 is 0 Å². The summed E-state index contributed by atoms with van der Waals surface area (Å²) in [6, 6.07) is 0. The zero-order valence-electron chi connectivity index (χ0n) is 21.1. The third-order valence-electron chi connectivity index (χ3n) is 4.26. The summed E-state index contributed by atoms with van der Waals surface area (Å²) in [5, 5.41) is 29.7. The van der Waals surface area contributed by atoms with Gasteiger partial charge in [0.15, 0.2) is 11.9 Å². The molecule has 220 valence electrons. The molecular weight excluding hydrogens is 690 g/mol. The second-order valence-electron chi connectivity index (χ2n) is 7.56. The van der Waals surface area contributed by atoms with E-state index in [4.69, 9.17) is 54.6 Å². The van der Waals surface area contributed by atoms with Gasteiger partial charge in [-0.1, -0.05) is 0 Å². The average Bonchev–Trinajstić information content (AvgIpc) is 3.39. The van der Waals surface area contributed by atoms with Crippen LogP contribution in [0.15, 0.2) is 12.3 Å². The summed E-state index contributed by atoms with van der Waals surface area (Å²) in [6.07, 6.45) is 7.86. The van der Waals surface area contributed by atoms with Crippen LogP contribution < -0.4 is 0 Å². The van der Waals surface area contributed by atoms with E-state index in [1.807, 2.05) is 6.08 Å². The summed E-state index contributed by atoms with van der Waals surface area (Å²) < 4.78 is 10.4. The Morgan fingerprint density at radius 2 is 1.34 bits per heavy atom. The van der Waals surface area contributed by atoms with Gasteiger partial charge in [-0.25, -0.2) is 0 Å². The molecule has 2 saturated heterocycles. The summed E-state index contributed by atoms with van der Waals surface area (Å²) in [7, 11) is 0. The molecule has 5 aliphatic rings. The van der Waals surface area contributed by atoms with Gasteiger partial charge in [0.25, 0.3) is 29.7 Å². The molecule has 4 bridgehead atoms. The normalized spacial score (nSPS) is 23.2. The largest absolute Gasteiger partial charge is 0.490 e. The summed E-state index contributed by atoms with van der Waals surface area (Å²) >= 11 is 0. The first-order valence-corrected chi connectivity index (χ1v) is 10.6. The number of carboxylic acids is 4. The van der Waals surface area contributed by atoms with Crippen molar-refractivity contribution in [1.82, 2.24) is 0 Å².